The molecule has 2 aromatic rings. The molecule has 24 heavy (non-hydrogen) atoms. The lowest BCUT2D eigenvalue weighted by molar-refractivity contribution is -0.117. The van der Waals surface area contributed by atoms with Gasteiger partial charge in [0, 0.05) is 39.1 Å². The zero-order chi connectivity index (χ0) is 16.9. The maximum Gasteiger partial charge on any atom is 0.294 e. The zero-order valence-electron chi connectivity index (χ0n) is 13.8. The molecule has 2 aromatic heterocycles. The van der Waals surface area contributed by atoms with Crippen LogP contribution in [0.3, 0.4) is 0 Å². The number of pyridine rings is 1. The number of amides is 1. The molecule has 1 amide bonds. The molecule has 0 aliphatic carbocycles. The average molecular weight is 326 g/mol. The van der Waals surface area contributed by atoms with Gasteiger partial charge in [0.1, 0.15) is 5.82 Å². The van der Waals surface area contributed by atoms with Crippen LogP contribution in [0.15, 0.2) is 42.7 Å². The summed E-state index contributed by atoms with van der Waals surface area (Å²) in [7, 11) is 1.76. The van der Waals surface area contributed by atoms with Crippen LogP contribution in [0.5, 0.6) is 0 Å². The van der Waals surface area contributed by atoms with Crippen molar-refractivity contribution in [3.63, 3.8) is 0 Å². The van der Waals surface area contributed by atoms with E-state index in [9.17, 15) is 9.59 Å². The summed E-state index contributed by atoms with van der Waals surface area (Å²) in [5.74, 6) is 0.269. The SMILES string of the molecule is Cn1cccc1C(=O)C(=O)NC[C@H]1CCCN(c2ccccn2)C1. The van der Waals surface area contributed by atoms with E-state index < -0.39 is 11.7 Å². The fraction of sp³-hybridized carbons (Fsp3) is 0.389. The lowest BCUT2D eigenvalue weighted by Gasteiger charge is -2.33. The van der Waals surface area contributed by atoms with Crippen LogP contribution in [-0.2, 0) is 11.8 Å². The van der Waals surface area contributed by atoms with Crippen LogP contribution in [0.1, 0.15) is 23.3 Å². The number of carbonyl (C=O) groups is 2. The Hall–Kier alpha value is -2.63. The minimum absolute atomic E-state index is 0.325. The molecule has 0 spiro atoms. The van der Waals surface area contributed by atoms with Gasteiger partial charge >= 0.3 is 0 Å². The number of ketones is 1. The topological polar surface area (TPSA) is 67.2 Å². The molecule has 3 heterocycles. The Kier molecular flexibility index (Phi) is 4.93. The first-order valence-electron chi connectivity index (χ1n) is 8.25. The third-order valence-electron chi connectivity index (χ3n) is 4.43. The lowest BCUT2D eigenvalue weighted by atomic mass is 9.98. The Bertz CT molecular complexity index is 711. The lowest BCUT2D eigenvalue weighted by Crippen LogP contribution is -2.42. The Balaban J connectivity index is 1.54. The second kappa shape index (κ2) is 7.29. The molecule has 3 rings (SSSR count). The van der Waals surface area contributed by atoms with Crippen molar-refractivity contribution in [1.29, 1.82) is 0 Å². The number of carbonyl (C=O) groups excluding carboxylic acids is 2. The highest BCUT2D eigenvalue weighted by molar-refractivity contribution is 6.42. The summed E-state index contributed by atoms with van der Waals surface area (Å²) in [6.45, 7) is 2.33. The number of nitrogens with zero attached hydrogens (tertiary/aromatic N) is 3. The molecule has 0 aromatic carbocycles. The molecule has 0 saturated carbocycles. The summed E-state index contributed by atoms with van der Waals surface area (Å²) in [4.78, 5) is 30.8. The van der Waals surface area contributed by atoms with E-state index in [1.807, 2.05) is 18.2 Å². The number of rotatable bonds is 5. The highest BCUT2D eigenvalue weighted by Gasteiger charge is 2.23. The van der Waals surface area contributed by atoms with Crippen molar-refractivity contribution in [1.82, 2.24) is 14.9 Å². The van der Waals surface area contributed by atoms with Crippen molar-refractivity contribution >= 4 is 17.5 Å². The summed E-state index contributed by atoms with van der Waals surface area (Å²) >= 11 is 0. The van der Waals surface area contributed by atoms with Crippen molar-refractivity contribution in [3.8, 4) is 0 Å². The molecule has 126 valence electrons. The standard InChI is InChI=1S/C18H22N4O2/c1-21-10-5-7-15(21)17(23)18(24)20-12-14-6-4-11-22(13-14)16-8-2-3-9-19-16/h2-3,5,7-10,14H,4,6,11-13H2,1H3,(H,20,24)/t14-/m1/s1. The molecule has 6 nitrogen and oxygen atoms in total. The first kappa shape index (κ1) is 16.2. The van der Waals surface area contributed by atoms with E-state index in [0.717, 1.165) is 31.7 Å². The van der Waals surface area contributed by atoms with Gasteiger partial charge in [0.25, 0.3) is 11.7 Å². The minimum atomic E-state index is -0.535. The highest BCUT2D eigenvalue weighted by Crippen LogP contribution is 2.20. The number of nitrogens with one attached hydrogen (secondary N) is 1. The third-order valence-corrected chi connectivity index (χ3v) is 4.43. The quantitative estimate of drug-likeness (QED) is 0.670. The second-order valence-corrected chi connectivity index (χ2v) is 6.19. The Labute approximate surface area is 141 Å². The van der Waals surface area contributed by atoms with Crippen molar-refractivity contribution in [3.05, 3.63) is 48.4 Å². The predicted octanol–water partition coefficient (Wildman–Crippen LogP) is 1.64. The summed E-state index contributed by atoms with van der Waals surface area (Å²) < 4.78 is 1.66. The summed E-state index contributed by atoms with van der Waals surface area (Å²) in [6, 6.07) is 9.30. The average Bonchev–Trinajstić information content (AvgIpc) is 3.06. The van der Waals surface area contributed by atoms with E-state index in [4.69, 9.17) is 0 Å². The summed E-state index contributed by atoms with van der Waals surface area (Å²) in [6.07, 6.45) is 5.65. The number of hydrogen-bond donors (Lipinski definition) is 1. The molecule has 0 radical (unpaired) electrons. The van der Waals surface area contributed by atoms with Crippen molar-refractivity contribution in [2.24, 2.45) is 13.0 Å². The van der Waals surface area contributed by atoms with Crippen LogP contribution in [0.4, 0.5) is 5.82 Å². The normalized spacial score (nSPS) is 17.5. The van der Waals surface area contributed by atoms with Crippen LogP contribution >= 0.6 is 0 Å². The number of Topliss-reactive ketones (excluding diaryl/α,β-unsaturated/α-hetero) is 1. The fourth-order valence-corrected chi connectivity index (χ4v) is 3.11. The van der Waals surface area contributed by atoms with Gasteiger partial charge in [-0.15, -0.1) is 0 Å². The van der Waals surface area contributed by atoms with Gasteiger partial charge < -0.3 is 14.8 Å². The largest absolute Gasteiger partial charge is 0.356 e. The van der Waals surface area contributed by atoms with Gasteiger partial charge in [0.2, 0.25) is 0 Å². The maximum absolute atomic E-state index is 12.1. The minimum Gasteiger partial charge on any atom is -0.356 e. The number of aromatic nitrogens is 2. The number of aryl methyl sites for hydroxylation is 1. The van der Waals surface area contributed by atoms with Crippen LogP contribution in [-0.4, -0.2) is 40.9 Å². The van der Waals surface area contributed by atoms with E-state index in [1.165, 1.54) is 0 Å². The number of anilines is 1. The maximum atomic E-state index is 12.1. The molecule has 1 aliphatic rings. The number of hydrogen-bond acceptors (Lipinski definition) is 4. The van der Waals surface area contributed by atoms with Gasteiger partial charge in [0.15, 0.2) is 0 Å². The molecule has 0 unspecified atom stereocenters. The Morgan fingerprint density at radius 2 is 2.17 bits per heavy atom. The van der Waals surface area contributed by atoms with Gasteiger partial charge in [-0.2, -0.15) is 0 Å². The summed E-state index contributed by atoms with van der Waals surface area (Å²) in [5.41, 5.74) is 0.409. The molecular formula is C18H22N4O2. The van der Waals surface area contributed by atoms with Crippen LogP contribution in [0.2, 0.25) is 0 Å². The Morgan fingerprint density at radius 3 is 2.88 bits per heavy atom. The Morgan fingerprint density at radius 1 is 1.29 bits per heavy atom. The smallest absolute Gasteiger partial charge is 0.294 e. The van der Waals surface area contributed by atoms with Crippen LogP contribution in [0.25, 0.3) is 0 Å². The van der Waals surface area contributed by atoms with Crippen molar-refractivity contribution < 1.29 is 9.59 Å². The zero-order valence-corrected chi connectivity index (χ0v) is 13.8. The van der Waals surface area contributed by atoms with Gasteiger partial charge in [-0.3, -0.25) is 9.59 Å². The monoisotopic (exact) mass is 326 g/mol. The fourth-order valence-electron chi connectivity index (χ4n) is 3.11. The highest BCUT2D eigenvalue weighted by atomic mass is 16.2. The van der Waals surface area contributed by atoms with Gasteiger partial charge in [-0.25, -0.2) is 4.98 Å². The molecule has 1 atom stereocenters. The summed E-state index contributed by atoms with van der Waals surface area (Å²) in [5, 5.41) is 2.79. The number of piperidine rings is 1. The molecule has 6 heteroatoms. The molecule has 0 bridgehead atoms. The van der Waals surface area contributed by atoms with E-state index in [2.05, 4.69) is 15.2 Å². The van der Waals surface area contributed by atoms with E-state index in [0.29, 0.717) is 18.2 Å². The van der Waals surface area contributed by atoms with Crippen LogP contribution < -0.4 is 10.2 Å². The molecule has 1 fully saturated rings. The van der Waals surface area contributed by atoms with E-state index in [-0.39, 0.29) is 0 Å². The first-order chi connectivity index (χ1) is 11.6. The van der Waals surface area contributed by atoms with Crippen molar-refractivity contribution in [2.45, 2.75) is 12.8 Å². The van der Waals surface area contributed by atoms with Gasteiger partial charge in [-0.1, -0.05) is 6.07 Å². The molecule has 1 N–H and O–H groups in total. The third kappa shape index (κ3) is 3.64. The predicted molar refractivity (Wildman–Crippen MR) is 91.9 cm³/mol. The second-order valence-electron chi connectivity index (χ2n) is 6.19. The molecular weight excluding hydrogens is 304 g/mol. The van der Waals surface area contributed by atoms with E-state index >= 15 is 0 Å². The van der Waals surface area contributed by atoms with Gasteiger partial charge in [-0.05, 0) is 43.0 Å². The molecule has 1 aliphatic heterocycles. The molecule has 1 saturated heterocycles. The van der Waals surface area contributed by atoms with E-state index in [1.54, 1.807) is 36.1 Å². The first-order valence-corrected chi connectivity index (χ1v) is 8.25. The van der Waals surface area contributed by atoms with Gasteiger partial charge in [0.05, 0.1) is 5.69 Å². The van der Waals surface area contributed by atoms with Crippen molar-refractivity contribution in [2.75, 3.05) is 24.5 Å². The van der Waals surface area contributed by atoms with Crippen LogP contribution in [0, 0.1) is 5.92 Å².